The molecule has 0 saturated heterocycles. The predicted molar refractivity (Wildman–Crippen MR) is 60.8 cm³/mol. The second kappa shape index (κ2) is 4.51. The molecular weight excluding hydrogens is 208 g/mol. The molecule has 2 heterocycles. The summed E-state index contributed by atoms with van der Waals surface area (Å²) in [4.78, 5) is 8.62. The van der Waals surface area contributed by atoms with Crippen LogP contribution in [-0.4, -0.2) is 17.1 Å². The van der Waals surface area contributed by atoms with Crippen LogP contribution in [0.2, 0.25) is 0 Å². The number of thiazole rings is 1. The Hall–Kier alpha value is -1.26. The average molecular weight is 220 g/mol. The quantitative estimate of drug-likeness (QED) is 0.797. The van der Waals surface area contributed by atoms with E-state index in [2.05, 4.69) is 9.97 Å². The highest BCUT2D eigenvalue weighted by molar-refractivity contribution is 7.13. The molecule has 0 amide bonds. The average Bonchev–Trinajstić information content (AvgIpc) is 2.81. The van der Waals surface area contributed by atoms with Gasteiger partial charge in [-0.2, -0.15) is 0 Å². The summed E-state index contributed by atoms with van der Waals surface area (Å²) < 4.78 is 5.31. The topological polar surface area (TPSA) is 35.0 Å². The van der Waals surface area contributed by atoms with Gasteiger partial charge in [-0.1, -0.05) is 6.07 Å². The maximum atomic E-state index is 5.31. The molecule has 3 nitrogen and oxygen atoms in total. The summed E-state index contributed by atoms with van der Waals surface area (Å²) in [6.07, 6.45) is 3.61. The van der Waals surface area contributed by atoms with Gasteiger partial charge in [-0.25, -0.2) is 4.98 Å². The minimum Gasteiger partial charge on any atom is -0.377 e. The number of methoxy groups -OCH3 is 1. The Labute approximate surface area is 92.8 Å². The van der Waals surface area contributed by atoms with E-state index in [4.69, 9.17) is 4.74 Å². The Kier molecular flexibility index (Phi) is 3.08. The minimum atomic E-state index is 0.0394. The van der Waals surface area contributed by atoms with Crippen LogP contribution in [0.1, 0.15) is 18.6 Å². The largest absolute Gasteiger partial charge is 0.377 e. The summed E-state index contributed by atoms with van der Waals surface area (Å²) in [5.74, 6) is 0. The molecule has 0 aliphatic rings. The smallest absolute Gasteiger partial charge is 0.142 e. The molecule has 2 aromatic rings. The molecule has 0 aromatic carbocycles. The summed E-state index contributed by atoms with van der Waals surface area (Å²) in [7, 11) is 1.70. The number of aromatic nitrogens is 2. The molecule has 0 N–H and O–H groups in total. The molecule has 4 heteroatoms. The number of ether oxygens (including phenoxy) is 1. The van der Waals surface area contributed by atoms with Crippen molar-refractivity contribution in [2.24, 2.45) is 0 Å². The maximum absolute atomic E-state index is 5.31. The SMILES string of the molecule is COC(C)c1cccnc1-c1nccs1. The first kappa shape index (κ1) is 10.3. The number of nitrogens with zero attached hydrogens (tertiary/aromatic N) is 2. The van der Waals surface area contributed by atoms with Gasteiger partial charge in [0.1, 0.15) is 10.7 Å². The second-order valence-electron chi connectivity index (χ2n) is 3.16. The van der Waals surface area contributed by atoms with E-state index in [1.807, 2.05) is 24.4 Å². The lowest BCUT2D eigenvalue weighted by molar-refractivity contribution is 0.120. The van der Waals surface area contributed by atoms with E-state index >= 15 is 0 Å². The third-order valence-electron chi connectivity index (χ3n) is 2.27. The van der Waals surface area contributed by atoms with Crippen molar-refractivity contribution in [1.82, 2.24) is 9.97 Å². The third kappa shape index (κ3) is 2.06. The molecule has 0 aliphatic carbocycles. The summed E-state index contributed by atoms with van der Waals surface area (Å²) in [6.45, 7) is 2.01. The molecule has 0 radical (unpaired) electrons. The second-order valence-corrected chi connectivity index (χ2v) is 4.05. The summed E-state index contributed by atoms with van der Waals surface area (Å²) in [5.41, 5.74) is 2.00. The van der Waals surface area contributed by atoms with Crippen molar-refractivity contribution in [1.29, 1.82) is 0 Å². The summed E-state index contributed by atoms with van der Waals surface area (Å²) in [5, 5.41) is 2.89. The lowest BCUT2D eigenvalue weighted by Gasteiger charge is -2.12. The Morgan fingerprint density at radius 3 is 2.87 bits per heavy atom. The highest BCUT2D eigenvalue weighted by Crippen LogP contribution is 2.28. The zero-order chi connectivity index (χ0) is 10.7. The molecule has 1 atom stereocenters. The van der Waals surface area contributed by atoms with Crippen LogP contribution in [0, 0.1) is 0 Å². The van der Waals surface area contributed by atoms with Crippen molar-refractivity contribution in [3.8, 4) is 10.7 Å². The van der Waals surface area contributed by atoms with Gasteiger partial charge in [0.2, 0.25) is 0 Å². The molecular formula is C11H12N2OS. The van der Waals surface area contributed by atoms with Crippen LogP contribution in [0.4, 0.5) is 0 Å². The summed E-state index contributed by atoms with van der Waals surface area (Å²) in [6, 6.07) is 3.94. The van der Waals surface area contributed by atoms with E-state index in [9.17, 15) is 0 Å². The van der Waals surface area contributed by atoms with Crippen LogP contribution >= 0.6 is 11.3 Å². The van der Waals surface area contributed by atoms with E-state index in [0.717, 1.165) is 16.3 Å². The first-order valence-electron chi connectivity index (χ1n) is 4.70. The molecule has 0 spiro atoms. The molecule has 2 aromatic heterocycles. The summed E-state index contributed by atoms with van der Waals surface area (Å²) >= 11 is 1.59. The Bertz CT molecular complexity index is 428. The lowest BCUT2D eigenvalue weighted by atomic mass is 10.1. The first-order valence-corrected chi connectivity index (χ1v) is 5.58. The fourth-order valence-corrected chi connectivity index (χ4v) is 2.05. The van der Waals surface area contributed by atoms with Gasteiger partial charge in [0.05, 0.1) is 6.10 Å². The molecule has 0 fully saturated rings. The third-order valence-corrected chi connectivity index (χ3v) is 3.05. The van der Waals surface area contributed by atoms with Crippen LogP contribution in [-0.2, 0) is 4.74 Å². The van der Waals surface area contributed by atoms with Crippen molar-refractivity contribution in [3.63, 3.8) is 0 Å². The molecule has 1 unspecified atom stereocenters. The molecule has 0 bridgehead atoms. The molecule has 0 aliphatic heterocycles. The number of pyridine rings is 1. The lowest BCUT2D eigenvalue weighted by Crippen LogP contribution is -1.99. The maximum Gasteiger partial charge on any atom is 0.142 e. The Morgan fingerprint density at radius 1 is 1.33 bits per heavy atom. The van der Waals surface area contributed by atoms with Crippen LogP contribution in [0.15, 0.2) is 29.9 Å². The van der Waals surface area contributed by atoms with Gasteiger partial charge in [-0.15, -0.1) is 11.3 Å². The molecule has 15 heavy (non-hydrogen) atoms. The Morgan fingerprint density at radius 2 is 2.20 bits per heavy atom. The van der Waals surface area contributed by atoms with E-state index in [0.29, 0.717) is 0 Å². The molecule has 0 saturated carbocycles. The van der Waals surface area contributed by atoms with E-state index in [-0.39, 0.29) is 6.10 Å². The van der Waals surface area contributed by atoms with Gasteiger partial charge < -0.3 is 4.74 Å². The fourth-order valence-electron chi connectivity index (χ4n) is 1.39. The van der Waals surface area contributed by atoms with Gasteiger partial charge in [0.15, 0.2) is 0 Å². The van der Waals surface area contributed by atoms with Crippen LogP contribution < -0.4 is 0 Å². The highest BCUT2D eigenvalue weighted by Gasteiger charge is 2.13. The van der Waals surface area contributed by atoms with E-state index in [1.54, 1.807) is 30.8 Å². The monoisotopic (exact) mass is 220 g/mol. The minimum absolute atomic E-state index is 0.0394. The number of rotatable bonds is 3. The van der Waals surface area contributed by atoms with Crippen LogP contribution in [0.25, 0.3) is 10.7 Å². The molecule has 78 valence electrons. The van der Waals surface area contributed by atoms with Gasteiger partial charge in [-0.3, -0.25) is 4.98 Å². The van der Waals surface area contributed by atoms with E-state index in [1.165, 1.54) is 0 Å². The van der Waals surface area contributed by atoms with Crippen LogP contribution in [0.5, 0.6) is 0 Å². The normalized spacial score (nSPS) is 12.7. The van der Waals surface area contributed by atoms with Crippen molar-refractivity contribution in [2.45, 2.75) is 13.0 Å². The van der Waals surface area contributed by atoms with Gasteiger partial charge in [0.25, 0.3) is 0 Å². The zero-order valence-corrected chi connectivity index (χ0v) is 9.49. The Balaban J connectivity index is 2.47. The van der Waals surface area contributed by atoms with Gasteiger partial charge in [-0.05, 0) is 13.0 Å². The number of hydrogen-bond donors (Lipinski definition) is 0. The van der Waals surface area contributed by atoms with Gasteiger partial charge >= 0.3 is 0 Å². The zero-order valence-electron chi connectivity index (χ0n) is 8.68. The standard InChI is InChI=1S/C11H12N2OS/c1-8(14-2)9-4-3-5-12-10(9)11-13-6-7-15-11/h3-8H,1-2H3. The van der Waals surface area contributed by atoms with Gasteiger partial charge in [0, 0.05) is 30.4 Å². The predicted octanol–water partition coefficient (Wildman–Crippen LogP) is 2.91. The molecule has 2 rings (SSSR count). The number of hydrogen-bond acceptors (Lipinski definition) is 4. The van der Waals surface area contributed by atoms with Crippen molar-refractivity contribution >= 4 is 11.3 Å². The van der Waals surface area contributed by atoms with E-state index < -0.39 is 0 Å². The highest BCUT2D eigenvalue weighted by atomic mass is 32.1. The van der Waals surface area contributed by atoms with Crippen molar-refractivity contribution < 1.29 is 4.74 Å². The van der Waals surface area contributed by atoms with Crippen LogP contribution in [0.3, 0.4) is 0 Å². The van der Waals surface area contributed by atoms with Crippen molar-refractivity contribution in [3.05, 3.63) is 35.5 Å². The van der Waals surface area contributed by atoms with Crippen molar-refractivity contribution in [2.75, 3.05) is 7.11 Å². The fraction of sp³-hybridized carbons (Fsp3) is 0.273. The first-order chi connectivity index (χ1) is 7.33.